The van der Waals surface area contributed by atoms with E-state index < -0.39 is 6.10 Å². The van der Waals surface area contributed by atoms with Crippen LogP contribution in [0.2, 0.25) is 0 Å². The van der Waals surface area contributed by atoms with E-state index in [9.17, 15) is 9.59 Å². The number of rotatable bonds is 18. The number of nitrogens with zero attached hydrogens (tertiary/aromatic N) is 1. The van der Waals surface area contributed by atoms with Gasteiger partial charge in [-0.1, -0.05) is 74.7 Å². The van der Waals surface area contributed by atoms with Gasteiger partial charge in [-0.25, -0.2) is 0 Å². The van der Waals surface area contributed by atoms with E-state index in [0.717, 1.165) is 18.2 Å². The largest absolute Gasteiger partial charge is 1.00 e. The highest BCUT2D eigenvalue weighted by Gasteiger charge is 2.25. The van der Waals surface area contributed by atoms with E-state index in [0.29, 0.717) is 24.1 Å². The number of carbonyl (C=O) groups excluding carboxylic acids is 2. The van der Waals surface area contributed by atoms with Crippen molar-refractivity contribution in [3.63, 3.8) is 0 Å². The molecule has 5 nitrogen and oxygen atoms in total. The Labute approximate surface area is 199 Å². The van der Waals surface area contributed by atoms with Crippen molar-refractivity contribution in [1.29, 1.82) is 0 Å². The number of carbonyl (C=O) groups is 2. The summed E-state index contributed by atoms with van der Waals surface area (Å²) in [6.45, 7) is 5.01. The summed E-state index contributed by atoms with van der Waals surface area (Å²) < 4.78 is 11.6. The van der Waals surface area contributed by atoms with Gasteiger partial charge in [0.05, 0.1) is 34.2 Å². The van der Waals surface area contributed by atoms with E-state index >= 15 is 0 Å². The second kappa shape index (κ2) is 19.4. The monoisotopic (exact) mass is 513 g/mol. The molecule has 7 heteroatoms. The fourth-order valence-corrected chi connectivity index (χ4v) is 3.58. The van der Waals surface area contributed by atoms with Gasteiger partial charge in [-0.15, -0.1) is 0 Å². The first-order valence-electron chi connectivity index (χ1n) is 11.4. The first-order chi connectivity index (χ1) is 13.6. The number of hydrogen-bond donors (Lipinski definition) is 0. The average molecular weight is 515 g/mol. The van der Waals surface area contributed by atoms with Gasteiger partial charge in [-0.05, 0) is 18.8 Å². The highest BCUT2D eigenvalue weighted by molar-refractivity contribution is 9.09. The van der Waals surface area contributed by atoms with Crippen LogP contribution in [0.3, 0.4) is 0 Å². The third kappa shape index (κ3) is 22.4. The maximum atomic E-state index is 12.2. The standard InChI is InChI=1S/C23H45BrNO4.ClH/c1-20(2)17-23(27)29-21(19-25(3,4)5)18-22(26)28-16-14-12-10-8-6-7-9-11-13-15-24;/h20-21H,6-19H2,1-5H3;1H/q+1;/p-1/t21-;/m1./s1. The van der Waals surface area contributed by atoms with E-state index in [1.54, 1.807) is 0 Å². The van der Waals surface area contributed by atoms with E-state index in [4.69, 9.17) is 9.47 Å². The molecule has 0 aromatic rings. The molecular weight excluding hydrogens is 470 g/mol. The molecule has 180 valence electrons. The number of alkyl halides is 1. The highest BCUT2D eigenvalue weighted by atomic mass is 79.9. The topological polar surface area (TPSA) is 52.6 Å². The Morgan fingerprint density at radius 3 is 1.77 bits per heavy atom. The SMILES string of the molecule is CC(C)CC(=O)O[C@H](CC(=O)OCCCCCCCCCCCBr)C[N+](C)(C)C.[Cl-]. The fourth-order valence-electron chi connectivity index (χ4n) is 3.19. The Kier molecular flexibility index (Phi) is 20.6. The summed E-state index contributed by atoms with van der Waals surface area (Å²) in [6.07, 6.45) is 11.1. The number of esters is 2. The predicted molar refractivity (Wildman–Crippen MR) is 123 cm³/mol. The van der Waals surface area contributed by atoms with Crippen LogP contribution in [0.15, 0.2) is 0 Å². The summed E-state index contributed by atoms with van der Waals surface area (Å²) in [5.41, 5.74) is 0. The molecule has 0 aliphatic carbocycles. The number of halogens is 2. The molecule has 0 aliphatic rings. The van der Waals surface area contributed by atoms with Crippen molar-refractivity contribution in [1.82, 2.24) is 0 Å². The molecule has 0 aromatic carbocycles. The maximum absolute atomic E-state index is 12.2. The number of ether oxygens (including phenoxy) is 2. The third-order valence-electron chi connectivity index (χ3n) is 4.56. The zero-order valence-corrected chi connectivity index (χ0v) is 22.2. The lowest BCUT2D eigenvalue weighted by Crippen LogP contribution is -3.00. The Hall–Kier alpha value is -0.330. The van der Waals surface area contributed by atoms with Crippen LogP contribution >= 0.6 is 15.9 Å². The first kappa shape index (κ1) is 31.9. The number of hydrogen-bond acceptors (Lipinski definition) is 4. The number of likely N-dealkylation sites (N-methyl/N-ethyl adjacent to an activating group) is 1. The Bertz CT molecular complexity index is 441. The van der Waals surface area contributed by atoms with Crippen LogP contribution in [0.5, 0.6) is 0 Å². The predicted octanol–water partition coefficient (Wildman–Crippen LogP) is 2.49. The van der Waals surface area contributed by atoms with Crippen molar-refractivity contribution in [2.24, 2.45) is 5.92 Å². The molecule has 0 radical (unpaired) electrons. The molecule has 1 atom stereocenters. The first-order valence-corrected chi connectivity index (χ1v) is 12.5. The normalized spacial score (nSPS) is 12.4. The van der Waals surface area contributed by atoms with Crippen molar-refractivity contribution < 1.29 is 36.0 Å². The van der Waals surface area contributed by atoms with Crippen molar-refractivity contribution in [2.45, 2.75) is 90.6 Å². The van der Waals surface area contributed by atoms with Crippen molar-refractivity contribution >= 4 is 27.9 Å². The molecule has 0 fully saturated rings. The molecule has 0 amide bonds. The van der Waals surface area contributed by atoms with Gasteiger partial charge in [0, 0.05) is 11.8 Å². The molecule has 0 spiro atoms. The van der Waals surface area contributed by atoms with Gasteiger partial charge < -0.3 is 26.4 Å². The van der Waals surface area contributed by atoms with Crippen LogP contribution in [-0.2, 0) is 19.1 Å². The van der Waals surface area contributed by atoms with Gasteiger partial charge in [-0.2, -0.15) is 0 Å². The smallest absolute Gasteiger partial charge is 0.309 e. The van der Waals surface area contributed by atoms with Gasteiger partial charge in [0.25, 0.3) is 0 Å². The van der Waals surface area contributed by atoms with Crippen LogP contribution in [0.4, 0.5) is 0 Å². The Morgan fingerprint density at radius 1 is 0.800 bits per heavy atom. The second-order valence-electron chi connectivity index (χ2n) is 9.48. The molecule has 0 saturated carbocycles. The second-order valence-corrected chi connectivity index (χ2v) is 10.3. The van der Waals surface area contributed by atoms with E-state index in [1.807, 2.05) is 35.0 Å². The summed E-state index contributed by atoms with van der Waals surface area (Å²) in [4.78, 5) is 24.2. The Morgan fingerprint density at radius 2 is 1.30 bits per heavy atom. The van der Waals surface area contributed by atoms with Gasteiger partial charge in [-0.3, -0.25) is 9.59 Å². The molecular formula is C23H45BrClNO4. The minimum Gasteiger partial charge on any atom is -1.00 e. The third-order valence-corrected chi connectivity index (χ3v) is 5.12. The molecule has 0 heterocycles. The summed E-state index contributed by atoms with van der Waals surface area (Å²) in [5.74, 6) is -0.264. The van der Waals surface area contributed by atoms with Gasteiger partial charge in [0.15, 0.2) is 6.10 Å². The van der Waals surface area contributed by atoms with Gasteiger partial charge in [0.1, 0.15) is 6.54 Å². The molecule has 0 bridgehead atoms. The summed E-state index contributed by atoms with van der Waals surface area (Å²) in [6, 6.07) is 0. The lowest BCUT2D eigenvalue weighted by Gasteiger charge is -2.28. The van der Waals surface area contributed by atoms with Crippen molar-refractivity contribution in [2.75, 3.05) is 39.6 Å². The average Bonchev–Trinajstić information content (AvgIpc) is 2.57. The van der Waals surface area contributed by atoms with Crippen LogP contribution in [0.25, 0.3) is 0 Å². The van der Waals surface area contributed by atoms with E-state index in [1.165, 1.54) is 44.9 Å². The van der Waals surface area contributed by atoms with E-state index in [-0.39, 0.29) is 36.7 Å². The molecule has 0 saturated heterocycles. The minimum atomic E-state index is -0.432. The lowest BCUT2D eigenvalue weighted by molar-refractivity contribution is -0.873. The molecule has 0 aliphatic heterocycles. The van der Waals surface area contributed by atoms with Crippen LogP contribution < -0.4 is 12.4 Å². The Balaban J connectivity index is 0. The van der Waals surface area contributed by atoms with Gasteiger partial charge in [0.2, 0.25) is 0 Å². The zero-order valence-electron chi connectivity index (χ0n) is 19.9. The van der Waals surface area contributed by atoms with Crippen molar-refractivity contribution in [3.05, 3.63) is 0 Å². The molecule has 0 unspecified atom stereocenters. The summed E-state index contributed by atoms with van der Waals surface area (Å²) in [5, 5.41) is 1.11. The minimum absolute atomic E-state index is 0. The van der Waals surface area contributed by atoms with E-state index in [2.05, 4.69) is 15.9 Å². The molecule has 0 N–H and O–H groups in total. The summed E-state index contributed by atoms with van der Waals surface area (Å²) in [7, 11) is 6.07. The van der Waals surface area contributed by atoms with Crippen molar-refractivity contribution in [3.8, 4) is 0 Å². The quantitative estimate of drug-likeness (QED) is 0.122. The fraction of sp³-hybridized carbons (Fsp3) is 0.913. The number of quaternary nitrogens is 1. The molecule has 0 aromatic heterocycles. The van der Waals surface area contributed by atoms with Gasteiger partial charge >= 0.3 is 11.9 Å². The molecule has 0 rings (SSSR count). The summed E-state index contributed by atoms with van der Waals surface area (Å²) >= 11 is 3.46. The number of unbranched alkanes of at least 4 members (excludes halogenated alkanes) is 8. The molecule has 30 heavy (non-hydrogen) atoms. The van der Waals surface area contributed by atoms with Crippen LogP contribution in [0, 0.1) is 5.92 Å². The lowest BCUT2D eigenvalue weighted by atomic mass is 10.1. The zero-order chi connectivity index (χ0) is 22.1. The van der Waals surface area contributed by atoms with Crippen LogP contribution in [-0.4, -0.2) is 62.2 Å². The highest BCUT2D eigenvalue weighted by Crippen LogP contribution is 2.12. The maximum Gasteiger partial charge on any atom is 0.309 e. The van der Waals surface area contributed by atoms with Crippen LogP contribution in [0.1, 0.15) is 84.5 Å².